The molecule has 2 heterocycles. The molecule has 5 heteroatoms. The van der Waals surface area contributed by atoms with Gasteiger partial charge in [-0.3, -0.25) is 4.79 Å². The number of nitrogens with one attached hydrogen (secondary N) is 1. The van der Waals surface area contributed by atoms with Crippen molar-refractivity contribution in [1.82, 2.24) is 9.97 Å². The van der Waals surface area contributed by atoms with Crippen molar-refractivity contribution < 1.29 is 4.79 Å². The SMILES string of the molecule is O=C(C=C(C1CC1)C1CC1)Nc1nc2ccccc2nc1N1CCCC1. The lowest BCUT2D eigenvalue weighted by Gasteiger charge is -2.20. The maximum atomic E-state index is 12.7. The highest BCUT2D eigenvalue weighted by Crippen LogP contribution is 2.48. The van der Waals surface area contributed by atoms with Crippen molar-refractivity contribution in [3.63, 3.8) is 0 Å². The van der Waals surface area contributed by atoms with E-state index < -0.39 is 0 Å². The van der Waals surface area contributed by atoms with Crippen LogP contribution in [0.15, 0.2) is 35.9 Å². The molecule has 3 fully saturated rings. The van der Waals surface area contributed by atoms with Gasteiger partial charge in [0.1, 0.15) is 0 Å². The second kappa shape index (κ2) is 6.38. The minimum atomic E-state index is -0.0520. The number of anilines is 2. The van der Waals surface area contributed by atoms with Crippen molar-refractivity contribution in [1.29, 1.82) is 0 Å². The lowest BCUT2D eigenvalue weighted by atomic mass is 10.1. The van der Waals surface area contributed by atoms with Gasteiger partial charge in [0.2, 0.25) is 5.91 Å². The van der Waals surface area contributed by atoms with Crippen LogP contribution in [0.2, 0.25) is 0 Å². The summed E-state index contributed by atoms with van der Waals surface area (Å²) >= 11 is 0. The largest absolute Gasteiger partial charge is 0.354 e. The van der Waals surface area contributed by atoms with E-state index in [-0.39, 0.29) is 5.91 Å². The van der Waals surface area contributed by atoms with Gasteiger partial charge in [-0.2, -0.15) is 0 Å². The number of fused-ring (bicyclic) bond motifs is 1. The topological polar surface area (TPSA) is 58.1 Å². The van der Waals surface area contributed by atoms with Gasteiger partial charge in [-0.1, -0.05) is 17.7 Å². The predicted octanol–water partition coefficient (Wildman–Crippen LogP) is 3.91. The minimum Gasteiger partial charge on any atom is -0.354 e. The van der Waals surface area contributed by atoms with Gasteiger partial charge in [-0.25, -0.2) is 9.97 Å². The maximum absolute atomic E-state index is 12.7. The third-order valence-electron chi connectivity index (χ3n) is 5.59. The molecule has 1 aromatic carbocycles. The summed E-state index contributed by atoms with van der Waals surface area (Å²) in [5.74, 6) is 2.65. The highest BCUT2D eigenvalue weighted by atomic mass is 16.1. The fourth-order valence-corrected chi connectivity index (χ4v) is 3.93. The summed E-state index contributed by atoms with van der Waals surface area (Å²) in [6, 6.07) is 7.85. The van der Waals surface area contributed by atoms with Crippen LogP contribution in [-0.2, 0) is 4.79 Å². The van der Waals surface area contributed by atoms with Crippen molar-refractivity contribution in [3.8, 4) is 0 Å². The predicted molar refractivity (Wildman–Crippen MR) is 103 cm³/mol. The molecular formula is C21H24N4O. The molecule has 0 unspecified atom stereocenters. The molecule has 1 aromatic heterocycles. The smallest absolute Gasteiger partial charge is 0.249 e. The molecule has 2 aliphatic carbocycles. The molecule has 0 spiro atoms. The van der Waals surface area contributed by atoms with Gasteiger partial charge in [0, 0.05) is 19.2 Å². The molecule has 0 radical (unpaired) electrons. The van der Waals surface area contributed by atoms with Crippen LogP contribution in [0, 0.1) is 11.8 Å². The van der Waals surface area contributed by atoms with Crippen LogP contribution in [0.1, 0.15) is 38.5 Å². The number of allylic oxidation sites excluding steroid dienone is 1. The fourth-order valence-electron chi connectivity index (χ4n) is 3.93. The molecule has 1 amide bonds. The number of para-hydroxylation sites is 2. The lowest BCUT2D eigenvalue weighted by molar-refractivity contribution is -0.112. The highest BCUT2D eigenvalue weighted by molar-refractivity contribution is 6.01. The third kappa shape index (κ3) is 3.18. The van der Waals surface area contributed by atoms with E-state index >= 15 is 0 Å². The number of nitrogens with zero attached hydrogens (tertiary/aromatic N) is 3. The van der Waals surface area contributed by atoms with Gasteiger partial charge in [-0.05, 0) is 62.5 Å². The molecule has 3 aliphatic rings. The first-order valence-electron chi connectivity index (χ1n) is 9.82. The molecule has 2 saturated carbocycles. The Morgan fingerprint density at radius 2 is 1.62 bits per heavy atom. The quantitative estimate of drug-likeness (QED) is 0.832. The monoisotopic (exact) mass is 348 g/mol. The van der Waals surface area contributed by atoms with Crippen LogP contribution in [0.5, 0.6) is 0 Å². The Morgan fingerprint density at radius 3 is 2.23 bits per heavy atom. The minimum absolute atomic E-state index is 0.0520. The van der Waals surface area contributed by atoms with Gasteiger partial charge >= 0.3 is 0 Å². The summed E-state index contributed by atoms with van der Waals surface area (Å²) in [4.78, 5) is 24.5. The molecule has 1 saturated heterocycles. The van der Waals surface area contributed by atoms with E-state index in [1.165, 1.54) is 31.3 Å². The molecule has 0 atom stereocenters. The first kappa shape index (κ1) is 15.8. The first-order chi connectivity index (χ1) is 12.8. The van der Waals surface area contributed by atoms with Crippen molar-refractivity contribution in [2.45, 2.75) is 38.5 Å². The summed E-state index contributed by atoms with van der Waals surface area (Å²) in [6.45, 7) is 1.95. The van der Waals surface area contributed by atoms with Crippen LogP contribution in [0.4, 0.5) is 11.6 Å². The molecule has 5 nitrogen and oxygen atoms in total. The molecule has 2 aromatic rings. The van der Waals surface area contributed by atoms with Crippen LogP contribution >= 0.6 is 0 Å². The van der Waals surface area contributed by atoms with Crippen molar-refractivity contribution in [2.24, 2.45) is 11.8 Å². The summed E-state index contributed by atoms with van der Waals surface area (Å²) in [5.41, 5.74) is 3.05. The molecular weight excluding hydrogens is 324 g/mol. The van der Waals surface area contributed by atoms with Gasteiger partial charge < -0.3 is 10.2 Å². The number of amides is 1. The number of rotatable bonds is 5. The summed E-state index contributed by atoms with van der Waals surface area (Å²) in [5, 5.41) is 3.04. The van der Waals surface area contributed by atoms with Crippen molar-refractivity contribution in [3.05, 3.63) is 35.9 Å². The van der Waals surface area contributed by atoms with Gasteiger partial charge in [0.25, 0.3) is 0 Å². The average Bonchev–Trinajstić information content (AvgIpc) is 3.58. The lowest BCUT2D eigenvalue weighted by Crippen LogP contribution is -2.23. The first-order valence-corrected chi connectivity index (χ1v) is 9.82. The van der Waals surface area contributed by atoms with E-state index in [1.807, 2.05) is 30.3 Å². The van der Waals surface area contributed by atoms with E-state index in [4.69, 9.17) is 9.97 Å². The molecule has 26 heavy (non-hydrogen) atoms. The number of aromatic nitrogens is 2. The van der Waals surface area contributed by atoms with E-state index in [0.717, 1.165) is 42.8 Å². The number of benzene rings is 1. The van der Waals surface area contributed by atoms with Crippen molar-refractivity contribution >= 4 is 28.6 Å². The zero-order chi connectivity index (χ0) is 17.5. The Balaban J connectivity index is 1.47. The molecule has 5 rings (SSSR count). The molecule has 0 bridgehead atoms. The zero-order valence-corrected chi connectivity index (χ0v) is 14.9. The molecule has 1 N–H and O–H groups in total. The van der Waals surface area contributed by atoms with E-state index in [0.29, 0.717) is 17.7 Å². The van der Waals surface area contributed by atoms with Gasteiger partial charge in [-0.15, -0.1) is 0 Å². The van der Waals surface area contributed by atoms with Crippen LogP contribution < -0.4 is 10.2 Å². The highest BCUT2D eigenvalue weighted by Gasteiger charge is 2.36. The summed E-state index contributed by atoms with van der Waals surface area (Å²) in [6.07, 6.45) is 9.13. The molecule has 134 valence electrons. The maximum Gasteiger partial charge on any atom is 0.249 e. The number of hydrogen-bond donors (Lipinski definition) is 1. The van der Waals surface area contributed by atoms with Gasteiger partial charge in [0.15, 0.2) is 11.6 Å². The summed E-state index contributed by atoms with van der Waals surface area (Å²) < 4.78 is 0. The van der Waals surface area contributed by atoms with E-state index in [1.54, 1.807) is 0 Å². The zero-order valence-electron chi connectivity index (χ0n) is 14.9. The number of carbonyl (C=O) groups is 1. The Kier molecular flexibility index (Phi) is 3.88. The Hall–Kier alpha value is -2.43. The van der Waals surface area contributed by atoms with Crippen molar-refractivity contribution in [2.75, 3.05) is 23.3 Å². The Morgan fingerprint density at radius 1 is 1.00 bits per heavy atom. The number of hydrogen-bond acceptors (Lipinski definition) is 4. The van der Waals surface area contributed by atoms with E-state index in [2.05, 4.69) is 10.2 Å². The molecule has 1 aliphatic heterocycles. The van der Waals surface area contributed by atoms with Crippen LogP contribution in [-0.4, -0.2) is 29.0 Å². The second-order valence-electron chi connectivity index (χ2n) is 7.76. The standard InChI is InChI=1S/C21H24N4O/c26-19(13-16(14-7-8-14)15-9-10-15)24-20-21(25-11-3-4-12-25)23-18-6-2-1-5-17(18)22-20/h1-2,5-6,13-15H,3-4,7-12H2,(H,22,24,26). The average molecular weight is 348 g/mol. The fraction of sp³-hybridized carbons (Fsp3) is 0.476. The Bertz CT molecular complexity index is 863. The van der Waals surface area contributed by atoms with E-state index in [9.17, 15) is 4.79 Å². The Labute approximate surface area is 153 Å². The third-order valence-corrected chi connectivity index (χ3v) is 5.59. The summed E-state index contributed by atoms with van der Waals surface area (Å²) in [7, 11) is 0. The normalized spacial score (nSPS) is 19.6. The second-order valence-corrected chi connectivity index (χ2v) is 7.76. The van der Waals surface area contributed by atoms with Crippen LogP contribution in [0.3, 0.4) is 0 Å². The van der Waals surface area contributed by atoms with Gasteiger partial charge in [0.05, 0.1) is 11.0 Å². The van der Waals surface area contributed by atoms with Crippen LogP contribution in [0.25, 0.3) is 11.0 Å². The number of carbonyl (C=O) groups excluding carboxylic acids is 1.